The Bertz CT molecular complexity index is 95.1. The summed E-state index contributed by atoms with van der Waals surface area (Å²) in [5, 5.41) is 0. The van der Waals surface area contributed by atoms with E-state index in [4.69, 9.17) is 0 Å². The Balaban J connectivity index is 2.30. The van der Waals surface area contributed by atoms with Gasteiger partial charge < -0.3 is 0 Å². The van der Waals surface area contributed by atoms with E-state index in [-0.39, 0.29) is 5.92 Å². The molecule has 0 aromatic rings. The van der Waals surface area contributed by atoms with Crippen molar-refractivity contribution >= 4 is 22.6 Å². The zero-order chi connectivity index (χ0) is 6.85. The van der Waals surface area contributed by atoms with E-state index in [1.165, 1.54) is 0 Å². The van der Waals surface area contributed by atoms with Gasteiger partial charge in [-0.1, -0.05) is 22.6 Å². The zero-order valence-electron chi connectivity index (χ0n) is 4.99. The van der Waals surface area contributed by atoms with Gasteiger partial charge in [0.25, 0.3) is 0 Å². The highest BCUT2D eigenvalue weighted by Gasteiger charge is 2.29. The van der Waals surface area contributed by atoms with E-state index in [0.717, 1.165) is 19.3 Å². The van der Waals surface area contributed by atoms with Crippen LogP contribution in [0.5, 0.6) is 0 Å². The summed E-state index contributed by atoms with van der Waals surface area (Å²) in [5.74, 6) is -0.299. The first-order chi connectivity index (χ1) is 4.20. The second-order valence-corrected chi connectivity index (χ2v) is 4.27. The first kappa shape index (κ1) is 7.69. The van der Waals surface area contributed by atoms with Crippen LogP contribution in [0.4, 0.5) is 8.78 Å². The lowest BCUT2D eigenvalue weighted by Gasteiger charge is -2.05. The minimum Gasteiger partial charge on any atom is -0.210 e. The average Bonchev–Trinajstić information content (AvgIpc) is 2.14. The van der Waals surface area contributed by atoms with Crippen LogP contribution in [0.25, 0.3) is 0 Å². The summed E-state index contributed by atoms with van der Waals surface area (Å²) in [6.45, 7) is 0. The molecule has 0 aromatic heterocycles. The highest BCUT2D eigenvalue weighted by molar-refractivity contribution is 14.1. The Labute approximate surface area is 67.2 Å². The summed E-state index contributed by atoms with van der Waals surface area (Å²) in [4.78, 5) is 0. The van der Waals surface area contributed by atoms with Crippen LogP contribution in [0.3, 0.4) is 0 Å². The van der Waals surface area contributed by atoms with Gasteiger partial charge in [0.05, 0.1) is 0 Å². The second kappa shape index (κ2) is 3.12. The molecule has 1 saturated carbocycles. The monoisotopic (exact) mass is 246 g/mol. The molecule has 2 unspecified atom stereocenters. The Kier molecular flexibility index (Phi) is 2.67. The molecule has 0 aromatic carbocycles. The topological polar surface area (TPSA) is 0 Å². The van der Waals surface area contributed by atoms with Crippen LogP contribution in [-0.2, 0) is 0 Å². The number of rotatable bonds is 1. The fraction of sp³-hybridized carbons (Fsp3) is 1.00. The van der Waals surface area contributed by atoms with Crippen LogP contribution in [-0.4, -0.2) is 10.4 Å². The van der Waals surface area contributed by atoms with Gasteiger partial charge in [-0.25, -0.2) is 8.78 Å². The molecule has 2 atom stereocenters. The molecule has 0 spiro atoms. The maximum atomic E-state index is 11.9. The average molecular weight is 246 g/mol. The van der Waals surface area contributed by atoms with Crippen LogP contribution >= 0.6 is 22.6 Å². The molecule has 54 valence electrons. The van der Waals surface area contributed by atoms with Crippen LogP contribution < -0.4 is 0 Å². The fourth-order valence-corrected chi connectivity index (χ4v) is 2.20. The largest absolute Gasteiger partial charge is 0.241 e. The lowest BCUT2D eigenvalue weighted by Crippen LogP contribution is -2.06. The van der Waals surface area contributed by atoms with Crippen LogP contribution in [0, 0.1) is 5.92 Å². The maximum Gasteiger partial charge on any atom is 0.241 e. The Morgan fingerprint density at radius 2 is 2.00 bits per heavy atom. The highest BCUT2D eigenvalue weighted by Crippen LogP contribution is 2.34. The summed E-state index contributed by atoms with van der Waals surface area (Å²) in [5.41, 5.74) is 0. The summed E-state index contributed by atoms with van der Waals surface area (Å²) in [6.07, 6.45) is 0.351. The Morgan fingerprint density at radius 3 is 2.22 bits per heavy atom. The van der Waals surface area contributed by atoms with E-state index in [0.29, 0.717) is 3.92 Å². The molecule has 0 heterocycles. The van der Waals surface area contributed by atoms with E-state index in [1.807, 2.05) is 0 Å². The minimum absolute atomic E-state index is 0.299. The molecular weight excluding hydrogens is 237 g/mol. The predicted molar refractivity (Wildman–Crippen MR) is 41.2 cm³/mol. The molecule has 1 aliphatic rings. The van der Waals surface area contributed by atoms with Crippen molar-refractivity contribution in [3.8, 4) is 0 Å². The molecule has 0 nitrogen and oxygen atoms in total. The molecule has 0 aliphatic heterocycles. The fourth-order valence-electron chi connectivity index (χ4n) is 1.19. The van der Waals surface area contributed by atoms with E-state index in [1.54, 1.807) is 0 Å². The van der Waals surface area contributed by atoms with Crippen molar-refractivity contribution < 1.29 is 8.78 Å². The quantitative estimate of drug-likeness (QED) is 0.493. The lowest BCUT2D eigenvalue weighted by molar-refractivity contribution is 0.0811. The van der Waals surface area contributed by atoms with Gasteiger partial charge in [-0.05, 0) is 19.3 Å². The van der Waals surface area contributed by atoms with Gasteiger partial charge in [0.15, 0.2) is 0 Å². The smallest absolute Gasteiger partial charge is 0.210 e. The van der Waals surface area contributed by atoms with Crippen LogP contribution in [0.15, 0.2) is 0 Å². The van der Waals surface area contributed by atoms with Gasteiger partial charge in [0.1, 0.15) is 0 Å². The predicted octanol–water partition coefficient (Wildman–Crippen LogP) is 2.86. The molecule has 0 saturated heterocycles. The SMILES string of the molecule is FC(F)C1CCC(I)C1. The summed E-state index contributed by atoms with van der Waals surface area (Å²) >= 11 is 2.25. The summed E-state index contributed by atoms with van der Waals surface area (Å²) < 4.78 is 24.3. The first-order valence-corrected chi connectivity index (χ1v) is 4.37. The van der Waals surface area contributed by atoms with Crippen molar-refractivity contribution in [2.45, 2.75) is 29.6 Å². The molecule has 0 bridgehead atoms. The molecule has 1 rings (SSSR count). The number of hydrogen-bond acceptors (Lipinski definition) is 0. The van der Waals surface area contributed by atoms with E-state index in [2.05, 4.69) is 22.6 Å². The van der Waals surface area contributed by atoms with Crippen LogP contribution in [0.1, 0.15) is 19.3 Å². The van der Waals surface area contributed by atoms with E-state index >= 15 is 0 Å². The Morgan fingerprint density at radius 1 is 1.33 bits per heavy atom. The molecule has 0 amide bonds. The third-order valence-corrected chi connectivity index (χ3v) is 2.90. The third-order valence-electron chi connectivity index (χ3n) is 1.77. The summed E-state index contributed by atoms with van der Waals surface area (Å²) in [6, 6.07) is 0. The maximum absolute atomic E-state index is 11.9. The second-order valence-electron chi connectivity index (χ2n) is 2.50. The van der Waals surface area contributed by atoms with Crippen molar-refractivity contribution in [3.05, 3.63) is 0 Å². The standard InChI is InChI=1S/C6H9F2I/c7-6(8)4-1-2-5(9)3-4/h4-6H,1-3H2. The molecule has 0 radical (unpaired) electrons. The van der Waals surface area contributed by atoms with Crippen molar-refractivity contribution in [2.75, 3.05) is 0 Å². The van der Waals surface area contributed by atoms with Crippen molar-refractivity contribution in [1.82, 2.24) is 0 Å². The summed E-state index contributed by atoms with van der Waals surface area (Å²) in [7, 11) is 0. The van der Waals surface area contributed by atoms with Crippen LogP contribution in [0.2, 0.25) is 0 Å². The number of halogens is 3. The Hall–Kier alpha value is 0.590. The normalized spacial score (nSPS) is 36.0. The number of alkyl halides is 3. The van der Waals surface area contributed by atoms with Gasteiger partial charge >= 0.3 is 0 Å². The van der Waals surface area contributed by atoms with Gasteiger partial charge in [-0.3, -0.25) is 0 Å². The molecule has 1 fully saturated rings. The highest BCUT2D eigenvalue weighted by atomic mass is 127. The lowest BCUT2D eigenvalue weighted by atomic mass is 10.1. The van der Waals surface area contributed by atoms with Crippen molar-refractivity contribution in [1.29, 1.82) is 0 Å². The molecular formula is C6H9F2I. The van der Waals surface area contributed by atoms with E-state index in [9.17, 15) is 8.78 Å². The van der Waals surface area contributed by atoms with Gasteiger partial charge in [-0.15, -0.1) is 0 Å². The minimum atomic E-state index is -2.08. The molecule has 1 aliphatic carbocycles. The molecule has 9 heavy (non-hydrogen) atoms. The van der Waals surface area contributed by atoms with Gasteiger partial charge in [0.2, 0.25) is 6.43 Å². The zero-order valence-corrected chi connectivity index (χ0v) is 7.14. The first-order valence-electron chi connectivity index (χ1n) is 3.12. The molecule has 3 heteroatoms. The molecule has 0 N–H and O–H groups in total. The van der Waals surface area contributed by atoms with Crippen molar-refractivity contribution in [2.24, 2.45) is 5.92 Å². The van der Waals surface area contributed by atoms with Gasteiger partial charge in [0, 0.05) is 9.84 Å². The third kappa shape index (κ3) is 2.02. The van der Waals surface area contributed by atoms with E-state index < -0.39 is 6.43 Å². The van der Waals surface area contributed by atoms with Gasteiger partial charge in [-0.2, -0.15) is 0 Å². The van der Waals surface area contributed by atoms with Crippen molar-refractivity contribution in [3.63, 3.8) is 0 Å². The number of hydrogen-bond donors (Lipinski definition) is 0.